The molecule has 0 spiro atoms. The number of ether oxygens (including phenoxy) is 1. The summed E-state index contributed by atoms with van der Waals surface area (Å²) in [5, 5.41) is 0.798. The molecule has 0 bridgehead atoms. The highest BCUT2D eigenvalue weighted by Gasteiger charge is 2.12. The maximum absolute atomic E-state index is 12.4. The smallest absolute Gasteiger partial charge is 0.193 e. The molecule has 2 rings (SSSR count). The number of ketones is 1. The van der Waals surface area contributed by atoms with Crippen LogP contribution in [0.25, 0.3) is 0 Å². The SMILES string of the molecule is CC(C)Oc1cccc(C(=O)c2ccc(Cl)c(Cl)c2)c1. The zero-order chi connectivity index (χ0) is 14.7. The number of rotatable bonds is 4. The van der Waals surface area contributed by atoms with Gasteiger partial charge in [-0.1, -0.05) is 35.3 Å². The van der Waals surface area contributed by atoms with Gasteiger partial charge in [0.2, 0.25) is 0 Å². The van der Waals surface area contributed by atoms with Crippen molar-refractivity contribution in [3.8, 4) is 5.75 Å². The summed E-state index contributed by atoms with van der Waals surface area (Å²) in [6, 6.07) is 11.9. The van der Waals surface area contributed by atoms with Crippen LogP contribution in [0.5, 0.6) is 5.75 Å². The number of carbonyl (C=O) groups is 1. The summed E-state index contributed by atoms with van der Waals surface area (Å²) < 4.78 is 5.58. The second-order valence-electron chi connectivity index (χ2n) is 4.65. The first kappa shape index (κ1) is 14.9. The lowest BCUT2D eigenvalue weighted by atomic mass is 10.0. The average molecular weight is 309 g/mol. The van der Waals surface area contributed by atoms with Crippen molar-refractivity contribution in [2.45, 2.75) is 20.0 Å². The third-order valence-corrected chi connectivity index (χ3v) is 3.39. The van der Waals surface area contributed by atoms with E-state index in [9.17, 15) is 4.79 Å². The second-order valence-corrected chi connectivity index (χ2v) is 5.47. The van der Waals surface area contributed by atoms with Crippen molar-refractivity contribution in [2.75, 3.05) is 0 Å². The van der Waals surface area contributed by atoms with Crippen molar-refractivity contribution in [1.82, 2.24) is 0 Å². The molecule has 2 nitrogen and oxygen atoms in total. The predicted octanol–water partition coefficient (Wildman–Crippen LogP) is 5.01. The van der Waals surface area contributed by atoms with Crippen molar-refractivity contribution in [2.24, 2.45) is 0 Å². The van der Waals surface area contributed by atoms with E-state index in [1.165, 1.54) is 0 Å². The zero-order valence-corrected chi connectivity index (χ0v) is 12.7. The molecule has 4 heteroatoms. The largest absolute Gasteiger partial charge is 0.491 e. The minimum absolute atomic E-state index is 0.0605. The quantitative estimate of drug-likeness (QED) is 0.742. The lowest BCUT2D eigenvalue weighted by molar-refractivity contribution is 0.103. The van der Waals surface area contributed by atoms with E-state index in [1.54, 1.807) is 36.4 Å². The van der Waals surface area contributed by atoms with Gasteiger partial charge in [-0.3, -0.25) is 4.79 Å². The molecule has 104 valence electrons. The van der Waals surface area contributed by atoms with Gasteiger partial charge in [-0.05, 0) is 44.2 Å². The van der Waals surface area contributed by atoms with Gasteiger partial charge in [0.15, 0.2) is 5.78 Å². The van der Waals surface area contributed by atoms with Crippen LogP contribution in [0.15, 0.2) is 42.5 Å². The van der Waals surface area contributed by atoms with E-state index >= 15 is 0 Å². The van der Waals surface area contributed by atoms with E-state index in [0.29, 0.717) is 26.9 Å². The summed E-state index contributed by atoms with van der Waals surface area (Å²) in [4.78, 5) is 12.4. The number of hydrogen-bond acceptors (Lipinski definition) is 2. The molecule has 0 heterocycles. The molecule has 0 atom stereocenters. The summed E-state index contributed by atoms with van der Waals surface area (Å²) >= 11 is 11.8. The minimum atomic E-state index is -0.113. The van der Waals surface area contributed by atoms with Crippen molar-refractivity contribution in [3.05, 3.63) is 63.6 Å². The van der Waals surface area contributed by atoms with E-state index in [1.807, 2.05) is 19.9 Å². The third-order valence-electron chi connectivity index (χ3n) is 2.65. The van der Waals surface area contributed by atoms with Gasteiger partial charge in [0.05, 0.1) is 16.1 Å². The van der Waals surface area contributed by atoms with Crippen LogP contribution in [0.4, 0.5) is 0 Å². The minimum Gasteiger partial charge on any atom is -0.491 e. The highest BCUT2D eigenvalue weighted by atomic mass is 35.5. The van der Waals surface area contributed by atoms with Gasteiger partial charge >= 0.3 is 0 Å². The van der Waals surface area contributed by atoms with Crippen LogP contribution in [0.3, 0.4) is 0 Å². The van der Waals surface area contributed by atoms with Crippen molar-refractivity contribution >= 4 is 29.0 Å². The second kappa shape index (κ2) is 6.29. The van der Waals surface area contributed by atoms with Crippen LogP contribution in [0, 0.1) is 0 Å². The topological polar surface area (TPSA) is 26.3 Å². The summed E-state index contributed by atoms with van der Waals surface area (Å²) in [6.07, 6.45) is 0.0605. The number of carbonyl (C=O) groups excluding carboxylic acids is 1. The van der Waals surface area contributed by atoms with Crippen molar-refractivity contribution in [1.29, 1.82) is 0 Å². The first-order chi connectivity index (χ1) is 9.47. The summed E-state index contributed by atoms with van der Waals surface area (Å²) in [5.74, 6) is 0.559. The van der Waals surface area contributed by atoms with Gasteiger partial charge in [-0.15, -0.1) is 0 Å². The van der Waals surface area contributed by atoms with Gasteiger partial charge in [-0.25, -0.2) is 0 Å². The summed E-state index contributed by atoms with van der Waals surface area (Å²) in [7, 11) is 0. The van der Waals surface area contributed by atoms with Gasteiger partial charge in [0.1, 0.15) is 5.75 Å². The maximum atomic E-state index is 12.4. The summed E-state index contributed by atoms with van der Waals surface area (Å²) in [5.41, 5.74) is 1.06. The molecule has 0 aliphatic rings. The van der Waals surface area contributed by atoms with Gasteiger partial charge in [0.25, 0.3) is 0 Å². The Kier molecular flexibility index (Phi) is 4.69. The molecule has 2 aromatic carbocycles. The molecule has 0 saturated heterocycles. The molecule has 0 aliphatic carbocycles. The molecular weight excluding hydrogens is 295 g/mol. The highest BCUT2D eigenvalue weighted by molar-refractivity contribution is 6.42. The van der Waals surface area contributed by atoms with Gasteiger partial charge < -0.3 is 4.74 Å². The van der Waals surface area contributed by atoms with Crippen molar-refractivity contribution in [3.63, 3.8) is 0 Å². The highest BCUT2D eigenvalue weighted by Crippen LogP contribution is 2.25. The fraction of sp³-hybridized carbons (Fsp3) is 0.188. The van der Waals surface area contributed by atoms with Crippen molar-refractivity contribution < 1.29 is 9.53 Å². The monoisotopic (exact) mass is 308 g/mol. The molecule has 0 saturated carbocycles. The van der Waals surface area contributed by atoms with Crippen LogP contribution >= 0.6 is 23.2 Å². The Labute approximate surface area is 128 Å². The van der Waals surface area contributed by atoms with E-state index in [4.69, 9.17) is 27.9 Å². The normalized spacial score (nSPS) is 10.7. The molecule has 0 fully saturated rings. The Morgan fingerprint density at radius 1 is 1.00 bits per heavy atom. The maximum Gasteiger partial charge on any atom is 0.193 e. The number of hydrogen-bond donors (Lipinski definition) is 0. The first-order valence-corrected chi connectivity index (χ1v) is 6.99. The average Bonchev–Trinajstić information content (AvgIpc) is 2.40. The third kappa shape index (κ3) is 3.53. The van der Waals surface area contributed by atoms with E-state index < -0.39 is 0 Å². The molecule has 0 radical (unpaired) electrons. The molecule has 0 N–H and O–H groups in total. The molecule has 2 aromatic rings. The predicted molar refractivity (Wildman–Crippen MR) is 82.1 cm³/mol. The Bertz CT molecular complexity index is 636. The fourth-order valence-electron chi connectivity index (χ4n) is 1.79. The molecule has 0 aromatic heterocycles. The molecule has 0 unspecified atom stereocenters. The molecule has 20 heavy (non-hydrogen) atoms. The van der Waals surface area contributed by atoms with Crippen LogP contribution in [-0.4, -0.2) is 11.9 Å². The van der Waals surface area contributed by atoms with E-state index in [0.717, 1.165) is 0 Å². The first-order valence-electron chi connectivity index (χ1n) is 6.24. The van der Waals surface area contributed by atoms with Gasteiger partial charge in [-0.2, -0.15) is 0 Å². The van der Waals surface area contributed by atoms with Crippen LogP contribution in [0.2, 0.25) is 10.0 Å². The number of halogens is 2. The van der Waals surface area contributed by atoms with Crippen LogP contribution < -0.4 is 4.74 Å². The fourth-order valence-corrected chi connectivity index (χ4v) is 2.08. The lowest BCUT2D eigenvalue weighted by Crippen LogP contribution is -2.07. The van der Waals surface area contributed by atoms with E-state index in [2.05, 4.69) is 0 Å². The Balaban J connectivity index is 2.30. The lowest BCUT2D eigenvalue weighted by Gasteiger charge is -2.10. The van der Waals surface area contributed by atoms with Gasteiger partial charge in [0, 0.05) is 11.1 Å². The Hall–Kier alpha value is -1.51. The number of benzene rings is 2. The van der Waals surface area contributed by atoms with E-state index in [-0.39, 0.29) is 11.9 Å². The van der Waals surface area contributed by atoms with Crippen LogP contribution in [0.1, 0.15) is 29.8 Å². The summed E-state index contributed by atoms with van der Waals surface area (Å²) in [6.45, 7) is 3.88. The molecule has 0 aliphatic heterocycles. The molecular formula is C16H14Cl2O2. The zero-order valence-electron chi connectivity index (χ0n) is 11.2. The Morgan fingerprint density at radius 3 is 2.35 bits per heavy atom. The molecule has 0 amide bonds. The van der Waals surface area contributed by atoms with Crippen LogP contribution in [-0.2, 0) is 0 Å². The Morgan fingerprint density at radius 2 is 1.70 bits per heavy atom. The standard InChI is InChI=1S/C16H14Cl2O2/c1-10(2)20-13-5-3-4-11(8-13)16(19)12-6-7-14(17)15(18)9-12/h3-10H,1-2H3.